The first-order valence-corrected chi connectivity index (χ1v) is 8.31. The van der Waals surface area contributed by atoms with Crippen LogP contribution < -0.4 is 5.32 Å². The van der Waals surface area contributed by atoms with Gasteiger partial charge in [0.2, 0.25) is 0 Å². The van der Waals surface area contributed by atoms with Crippen molar-refractivity contribution < 1.29 is 18.0 Å². The maximum atomic E-state index is 12.9. The fraction of sp³-hybridized carbons (Fsp3) is 0.250. The number of carbonyl (C=O) groups is 1. The summed E-state index contributed by atoms with van der Waals surface area (Å²) in [6.07, 6.45) is -0.198. The van der Waals surface area contributed by atoms with Crippen LogP contribution in [0.15, 0.2) is 49.1 Å². The standard InChI is InChI=1S/C20H21F3N2O/c1-4-14-11-18(13(3)9-10-17(26)5-2)25-19(14)24-16-8-6-7-15(12-16)20(21,22)23/h6-12,24-25H,3-5H2,1-2H3/b10-9-. The zero-order valence-corrected chi connectivity index (χ0v) is 14.7. The smallest absolute Gasteiger partial charge is 0.342 e. The van der Waals surface area contributed by atoms with Gasteiger partial charge >= 0.3 is 6.18 Å². The summed E-state index contributed by atoms with van der Waals surface area (Å²) in [6, 6.07) is 6.90. The minimum Gasteiger partial charge on any atom is -0.342 e. The Morgan fingerprint density at radius 1 is 1.23 bits per heavy atom. The van der Waals surface area contributed by atoms with Crippen LogP contribution in [0.4, 0.5) is 24.7 Å². The lowest BCUT2D eigenvalue weighted by Gasteiger charge is -2.11. The number of halogens is 3. The Balaban J connectivity index is 2.25. The SMILES string of the molecule is C=C(/C=C\C(=O)CC)c1cc(CC)c(Nc2cccc(C(F)(F)F)c2)[nH]1. The zero-order valence-electron chi connectivity index (χ0n) is 14.7. The number of aromatic amines is 1. The van der Waals surface area contributed by atoms with Crippen molar-refractivity contribution >= 4 is 22.9 Å². The first-order valence-electron chi connectivity index (χ1n) is 8.31. The first kappa shape index (κ1) is 19.6. The number of aryl methyl sites for hydroxylation is 1. The molecule has 0 radical (unpaired) electrons. The molecule has 2 N–H and O–H groups in total. The molecular weight excluding hydrogens is 341 g/mol. The number of hydrogen-bond acceptors (Lipinski definition) is 2. The predicted octanol–water partition coefficient (Wildman–Crippen LogP) is 5.89. The second kappa shape index (κ2) is 8.08. The quantitative estimate of drug-likeness (QED) is 0.477. The molecule has 1 heterocycles. The molecule has 0 aliphatic rings. The first-order chi connectivity index (χ1) is 12.2. The molecule has 0 saturated carbocycles. The summed E-state index contributed by atoms with van der Waals surface area (Å²) >= 11 is 0. The van der Waals surface area contributed by atoms with E-state index in [4.69, 9.17) is 0 Å². The topological polar surface area (TPSA) is 44.9 Å². The minimum absolute atomic E-state index is 0.00395. The number of allylic oxidation sites excluding steroid dienone is 3. The number of H-pyrrole nitrogens is 1. The van der Waals surface area contributed by atoms with Crippen LogP contribution in [0.2, 0.25) is 0 Å². The fourth-order valence-electron chi connectivity index (χ4n) is 2.38. The van der Waals surface area contributed by atoms with Gasteiger partial charge in [0, 0.05) is 17.8 Å². The summed E-state index contributed by atoms with van der Waals surface area (Å²) in [5.74, 6) is 0.605. The molecule has 6 heteroatoms. The second-order valence-corrected chi connectivity index (χ2v) is 5.82. The Bertz CT molecular complexity index is 832. The molecule has 0 aliphatic heterocycles. The lowest BCUT2D eigenvalue weighted by molar-refractivity contribution is -0.137. The van der Waals surface area contributed by atoms with E-state index in [1.807, 2.05) is 13.0 Å². The van der Waals surface area contributed by atoms with Gasteiger partial charge in [-0.2, -0.15) is 13.2 Å². The molecule has 2 rings (SSSR count). The molecule has 0 fully saturated rings. The number of anilines is 2. The van der Waals surface area contributed by atoms with E-state index >= 15 is 0 Å². The van der Waals surface area contributed by atoms with Crippen molar-refractivity contribution in [3.63, 3.8) is 0 Å². The molecule has 26 heavy (non-hydrogen) atoms. The Morgan fingerprint density at radius 2 is 1.96 bits per heavy atom. The normalized spacial score (nSPS) is 11.7. The average molecular weight is 362 g/mol. The summed E-state index contributed by atoms with van der Waals surface area (Å²) in [7, 11) is 0. The van der Waals surface area contributed by atoms with E-state index in [9.17, 15) is 18.0 Å². The number of alkyl halides is 3. The number of hydrogen-bond donors (Lipinski definition) is 2. The molecule has 1 aromatic heterocycles. The van der Waals surface area contributed by atoms with Gasteiger partial charge in [0.1, 0.15) is 5.82 Å². The van der Waals surface area contributed by atoms with Gasteiger partial charge in [-0.1, -0.05) is 26.5 Å². The third-order valence-electron chi connectivity index (χ3n) is 3.90. The number of rotatable bonds is 7. The highest BCUT2D eigenvalue weighted by Crippen LogP contribution is 2.32. The predicted molar refractivity (Wildman–Crippen MR) is 98.4 cm³/mol. The van der Waals surface area contributed by atoms with Crippen LogP contribution >= 0.6 is 0 Å². The molecule has 138 valence electrons. The Kier molecular flexibility index (Phi) is 6.08. The van der Waals surface area contributed by atoms with Gasteiger partial charge < -0.3 is 10.3 Å². The molecule has 0 unspecified atom stereocenters. The van der Waals surface area contributed by atoms with Crippen LogP contribution in [0.1, 0.15) is 37.1 Å². The average Bonchev–Trinajstić information content (AvgIpc) is 3.01. The minimum atomic E-state index is -4.39. The van der Waals surface area contributed by atoms with Crippen molar-refractivity contribution in [2.45, 2.75) is 32.9 Å². The molecule has 0 spiro atoms. The molecule has 0 aliphatic carbocycles. The van der Waals surface area contributed by atoms with Crippen LogP contribution in [0.25, 0.3) is 5.57 Å². The van der Waals surface area contributed by atoms with Gasteiger partial charge in [-0.15, -0.1) is 0 Å². The van der Waals surface area contributed by atoms with E-state index in [0.717, 1.165) is 17.7 Å². The van der Waals surface area contributed by atoms with Crippen LogP contribution in [0.3, 0.4) is 0 Å². The maximum Gasteiger partial charge on any atom is 0.416 e. The highest BCUT2D eigenvalue weighted by atomic mass is 19.4. The monoisotopic (exact) mass is 362 g/mol. The summed E-state index contributed by atoms with van der Waals surface area (Å²) in [5, 5.41) is 3.00. The molecule has 0 saturated heterocycles. The summed E-state index contributed by atoms with van der Waals surface area (Å²) in [5.41, 5.74) is 1.87. The summed E-state index contributed by atoms with van der Waals surface area (Å²) in [6.45, 7) is 7.65. The highest BCUT2D eigenvalue weighted by molar-refractivity contribution is 5.92. The van der Waals surface area contributed by atoms with E-state index in [2.05, 4.69) is 16.9 Å². The highest BCUT2D eigenvalue weighted by Gasteiger charge is 2.30. The van der Waals surface area contributed by atoms with Crippen LogP contribution in [-0.4, -0.2) is 10.8 Å². The number of carbonyl (C=O) groups excluding carboxylic acids is 1. The van der Waals surface area contributed by atoms with Gasteiger partial charge in [-0.3, -0.25) is 4.79 Å². The Hall–Kier alpha value is -2.76. The number of ketones is 1. The van der Waals surface area contributed by atoms with Gasteiger partial charge in [-0.25, -0.2) is 0 Å². The lowest BCUT2D eigenvalue weighted by Crippen LogP contribution is -2.05. The van der Waals surface area contributed by atoms with E-state index in [0.29, 0.717) is 35.6 Å². The van der Waals surface area contributed by atoms with E-state index in [1.165, 1.54) is 12.1 Å². The van der Waals surface area contributed by atoms with Gasteiger partial charge in [0.05, 0.1) is 5.56 Å². The van der Waals surface area contributed by atoms with E-state index < -0.39 is 11.7 Å². The lowest BCUT2D eigenvalue weighted by atomic mass is 10.1. The third kappa shape index (κ3) is 4.88. The molecule has 0 atom stereocenters. The van der Waals surface area contributed by atoms with Crippen molar-refractivity contribution in [3.05, 3.63) is 65.9 Å². The number of nitrogens with one attached hydrogen (secondary N) is 2. The molecular formula is C20H21F3N2O. The second-order valence-electron chi connectivity index (χ2n) is 5.82. The van der Waals surface area contributed by atoms with E-state index in [1.54, 1.807) is 19.1 Å². The van der Waals surface area contributed by atoms with E-state index in [-0.39, 0.29) is 5.78 Å². The van der Waals surface area contributed by atoms with Crippen LogP contribution in [0.5, 0.6) is 0 Å². The Labute approximate surface area is 150 Å². The molecule has 3 nitrogen and oxygen atoms in total. The van der Waals surface area contributed by atoms with Crippen molar-refractivity contribution in [1.29, 1.82) is 0 Å². The molecule has 1 aromatic carbocycles. The van der Waals surface area contributed by atoms with Crippen molar-refractivity contribution in [2.75, 3.05) is 5.32 Å². The van der Waals surface area contributed by atoms with Gasteiger partial charge in [0.15, 0.2) is 5.78 Å². The fourth-order valence-corrected chi connectivity index (χ4v) is 2.38. The molecule has 0 amide bonds. The molecule has 2 aromatic rings. The number of aromatic nitrogens is 1. The van der Waals surface area contributed by atoms with Crippen LogP contribution in [-0.2, 0) is 17.4 Å². The van der Waals surface area contributed by atoms with Gasteiger partial charge in [0.25, 0.3) is 0 Å². The van der Waals surface area contributed by atoms with Crippen LogP contribution in [0, 0.1) is 0 Å². The largest absolute Gasteiger partial charge is 0.416 e. The maximum absolute atomic E-state index is 12.9. The summed E-state index contributed by atoms with van der Waals surface area (Å²) < 4.78 is 38.6. The van der Waals surface area contributed by atoms with Crippen molar-refractivity contribution in [2.24, 2.45) is 0 Å². The number of benzene rings is 1. The zero-order chi connectivity index (χ0) is 19.3. The van der Waals surface area contributed by atoms with Crippen molar-refractivity contribution in [1.82, 2.24) is 4.98 Å². The molecule has 0 bridgehead atoms. The van der Waals surface area contributed by atoms with Gasteiger partial charge in [-0.05, 0) is 54.0 Å². The Morgan fingerprint density at radius 3 is 2.58 bits per heavy atom. The summed E-state index contributed by atoms with van der Waals surface area (Å²) in [4.78, 5) is 14.5. The van der Waals surface area contributed by atoms with Crippen molar-refractivity contribution in [3.8, 4) is 0 Å². The third-order valence-corrected chi connectivity index (χ3v) is 3.90.